The molecular formula is C31H35N5O. The van der Waals surface area contributed by atoms with E-state index in [0.29, 0.717) is 5.56 Å². The number of aromatic nitrogens is 2. The number of hydrogen-bond donors (Lipinski definition) is 1. The molecule has 0 aliphatic carbocycles. The molecule has 1 unspecified atom stereocenters. The third kappa shape index (κ3) is 5.13. The van der Waals surface area contributed by atoms with E-state index in [2.05, 4.69) is 71.1 Å². The average molecular weight is 494 g/mol. The minimum Gasteiger partial charge on any atom is -0.366 e. The maximum Gasteiger partial charge on any atom is 0.248 e. The summed E-state index contributed by atoms with van der Waals surface area (Å²) < 4.78 is 0. The fourth-order valence-corrected chi connectivity index (χ4v) is 5.83. The Kier molecular flexibility index (Phi) is 7.58. The molecule has 1 saturated heterocycles. The Labute approximate surface area is 219 Å². The Balaban J connectivity index is 1.56. The highest BCUT2D eigenvalue weighted by Crippen LogP contribution is 2.37. The van der Waals surface area contributed by atoms with Crippen molar-refractivity contribution < 1.29 is 4.79 Å². The molecule has 6 heteroatoms. The van der Waals surface area contributed by atoms with Gasteiger partial charge in [-0.05, 0) is 53.8 Å². The lowest BCUT2D eigenvalue weighted by molar-refractivity contribution is 0.0998. The molecule has 37 heavy (non-hydrogen) atoms. The maximum atomic E-state index is 12.3. The number of nitrogens with two attached hydrogens (primary N) is 1. The Morgan fingerprint density at radius 3 is 2.30 bits per heavy atom. The van der Waals surface area contributed by atoms with Crippen LogP contribution in [0.4, 0.5) is 0 Å². The van der Waals surface area contributed by atoms with Crippen LogP contribution < -0.4 is 5.73 Å². The lowest BCUT2D eigenvalue weighted by atomic mass is 9.85. The molecule has 1 amide bonds. The van der Waals surface area contributed by atoms with E-state index in [1.807, 2.05) is 30.6 Å². The molecular weight excluding hydrogens is 458 g/mol. The molecule has 0 bridgehead atoms. The fraction of sp³-hybridized carbons (Fsp3) is 0.323. The first-order valence-corrected chi connectivity index (χ1v) is 13.2. The standard InChI is InChI=1S/C31H35N5O/c1-3-24-25(4-2)27(31(32)37)14-13-26(24)30(28-12-7-9-22-10-8-16-34-29(22)28)36-19-17-35(18-20-36)21-23-11-5-6-15-33-23/h5-16,30H,3-4,17-21H2,1-2H3,(H2,32,37). The molecule has 5 rings (SSSR count). The van der Waals surface area contributed by atoms with Crippen molar-refractivity contribution in [1.82, 2.24) is 19.8 Å². The summed E-state index contributed by atoms with van der Waals surface area (Å²) in [7, 11) is 0. The molecule has 2 aromatic carbocycles. The zero-order valence-electron chi connectivity index (χ0n) is 21.7. The second-order valence-corrected chi connectivity index (χ2v) is 9.69. The summed E-state index contributed by atoms with van der Waals surface area (Å²) in [5, 5.41) is 1.14. The normalized spacial score (nSPS) is 15.6. The third-order valence-electron chi connectivity index (χ3n) is 7.58. The number of rotatable bonds is 8. The van der Waals surface area contributed by atoms with Crippen LogP contribution in [0.2, 0.25) is 0 Å². The van der Waals surface area contributed by atoms with Crippen molar-refractivity contribution in [2.45, 2.75) is 39.3 Å². The van der Waals surface area contributed by atoms with Gasteiger partial charge in [-0.15, -0.1) is 0 Å². The number of carbonyl (C=O) groups is 1. The van der Waals surface area contributed by atoms with Crippen molar-refractivity contribution in [3.05, 3.63) is 107 Å². The zero-order chi connectivity index (χ0) is 25.8. The number of pyridine rings is 2. The van der Waals surface area contributed by atoms with Crippen LogP contribution in [0.15, 0.2) is 73.1 Å². The number of nitrogens with zero attached hydrogens (tertiary/aromatic N) is 4. The highest BCUT2D eigenvalue weighted by atomic mass is 16.1. The van der Waals surface area contributed by atoms with Crippen molar-refractivity contribution in [1.29, 1.82) is 0 Å². The van der Waals surface area contributed by atoms with Crippen LogP contribution in [0.5, 0.6) is 0 Å². The molecule has 6 nitrogen and oxygen atoms in total. The van der Waals surface area contributed by atoms with Crippen molar-refractivity contribution in [3.63, 3.8) is 0 Å². The molecule has 0 radical (unpaired) electrons. The molecule has 1 atom stereocenters. The SMILES string of the molecule is CCc1c(C(N)=O)ccc(C(c2cccc3cccnc23)N2CCN(Cc3ccccn3)CC2)c1CC. The largest absolute Gasteiger partial charge is 0.366 e. The smallest absolute Gasteiger partial charge is 0.248 e. The molecule has 3 heterocycles. The third-order valence-corrected chi connectivity index (χ3v) is 7.58. The summed E-state index contributed by atoms with van der Waals surface area (Å²) in [6, 6.07) is 20.8. The van der Waals surface area contributed by atoms with Crippen molar-refractivity contribution in [3.8, 4) is 0 Å². The average Bonchev–Trinajstić information content (AvgIpc) is 2.94. The van der Waals surface area contributed by atoms with Gasteiger partial charge in [-0.3, -0.25) is 24.6 Å². The van der Waals surface area contributed by atoms with Crippen molar-refractivity contribution >= 4 is 16.8 Å². The monoisotopic (exact) mass is 493 g/mol. The number of para-hydroxylation sites is 1. The van der Waals surface area contributed by atoms with Gasteiger partial charge in [-0.25, -0.2) is 0 Å². The predicted molar refractivity (Wildman–Crippen MR) is 148 cm³/mol. The van der Waals surface area contributed by atoms with E-state index in [9.17, 15) is 4.79 Å². The van der Waals surface area contributed by atoms with E-state index >= 15 is 0 Å². The Morgan fingerprint density at radius 2 is 1.59 bits per heavy atom. The topological polar surface area (TPSA) is 75.4 Å². The molecule has 190 valence electrons. The Hall–Kier alpha value is -3.61. The van der Waals surface area contributed by atoms with Gasteiger partial charge >= 0.3 is 0 Å². The van der Waals surface area contributed by atoms with Gasteiger partial charge in [-0.1, -0.05) is 50.2 Å². The number of hydrogen-bond acceptors (Lipinski definition) is 5. The van der Waals surface area contributed by atoms with Crippen molar-refractivity contribution in [2.24, 2.45) is 5.73 Å². The van der Waals surface area contributed by atoms with Crippen LogP contribution in [0, 0.1) is 0 Å². The highest BCUT2D eigenvalue weighted by molar-refractivity contribution is 5.95. The minimum atomic E-state index is -0.357. The van der Waals surface area contributed by atoms with Crippen LogP contribution in [-0.2, 0) is 19.4 Å². The van der Waals surface area contributed by atoms with Crippen LogP contribution >= 0.6 is 0 Å². The predicted octanol–water partition coefficient (Wildman–Crippen LogP) is 4.76. The molecule has 2 aromatic heterocycles. The van der Waals surface area contributed by atoms with Gasteiger partial charge in [0.25, 0.3) is 0 Å². The molecule has 0 spiro atoms. The van der Waals surface area contributed by atoms with Gasteiger partial charge in [0.15, 0.2) is 0 Å². The van der Waals surface area contributed by atoms with Gasteiger partial charge in [0.05, 0.1) is 17.3 Å². The summed E-state index contributed by atoms with van der Waals surface area (Å²) >= 11 is 0. The molecule has 2 N–H and O–H groups in total. The van der Waals surface area contributed by atoms with Crippen LogP contribution in [-0.4, -0.2) is 51.9 Å². The van der Waals surface area contributed by atoms with E-state index in [1.54, 1.807) is 0 Å². The summed E-state index contributed by atoms with van der Waals surface area (Å²) in [6.45, 7) is 8.94. The summed E-state index contributed by atoms with van der Waals surface area (Å²) in [5.74, 6) is -0.357. The zero-order valence-corrected chi connectivity index (χ0v) is 21.7. The summed E-state index contributed by atoms with van der Waals surface area (Å²) in [5.41, 5.74) is 13.3. The maximum absolute atomic E-state index is 12.3. The summed E-state index contributed by atoms with van der Waals surface area (Å²) in [4.78, 5) is 26.6. The van der Waals surface area contributed by atoms with Crippen LogP contribution in [0.1, 0.15) is 58.2 Å². The molecule has 0 saturated carbocycles. The number of primary amides is 1. The molecule has 1 fully saturated rings. The highest BCUT2D eigenvalue weighted by Gasteiger charge is 2.30. The molecule has 1 aliphatic heterocycles. The number of piperazine rings is 1. The first kappa shape index (κ1) is 25.1. The minimum absolute atomic E-state index is 0.0396. The lowest BCUT2D eigenvalue weighted by Gasteiger charge is -2.40. The number of amides is 1. The van der Waals surface area contributed by atoms with Gasteiger partial charge in [0.2, 0.25) is 5.91 Å². The lowest BCUT2D eigenvalue weighted by Crippen LogP contribution is -2.47. The molecule has 1 aliphatic rings. The van der Waals surface area contributed by atoms with E-state index in [4.69, 9.17) is 10.7 Å². The number of benzene rings is 2. The second kappa shape index (κ2) is 11.2. The first-order chi connectivity index (χ1) is 18.1. The van der Waals surface area contributed by atoms with E-state index in [-0.39, 0.29) is 11.9 Å². The van der Waals surface area contributed by atoms with E-state index < -0.39 is 0 Å². The fourth-order valence-electron chi connectivity index (χ4n) is 5.83. The Morgan fingerprint density at radius 1 is 0.838 bits per heavy atom. The van der Waals surface area contributed by atoms with Crippen LogP contribution in [0.3, 0.4) is 0 Å². The second-order valence-electron chi connectivity index (χ2n) is 9.69. The van der Waals surface area contributed by atoms with E-state index in [0.717, 1.165) is 67.7 Å². The summed E-state index contributed by atoms with van der Waals surface area (Å²) in [6.07, 6.45) is 5.35. The quantitative estimate of drug-likeness (QED) is 0.383. The van der Waals surface area contributed by atoms with Gasteiger partial charge in [-0.2, -0.15) is 0 Å². The van der Waals surface area contributed by atoms with Crippen LogP contribution in [0.25, 0.3) is 10.9 Å². The van der Waals surface area contributed by atoms with Gasteiger partial charge in [0.1, 0.15) is 0 Å². The Bertz CT molecular complexity index is 1370. The number of fused-ring (bicyclic) bond motifs is 1. The molecule has 4 aromatic rings. The van der Waals surface area contributed by atoms with E-state index in [1.165, 1.54) is 16.7 Å². The van der Waals surface area contributed by atoms with Crippen molar-refractivity contribution in [2.75, 3.05) is 26.2 Å². The first-order valence-electron chi connectivity index (χ1n) is 13.2. The van der Waals surface area contributed by atoms with Gasteiger partial charge < -0.3 is 5.73 Å². The number of carbonyl (C=O) groups excluding carboxylic acids is 1. The van der Waals surface area contributed by atoms with Gasteiger partial charge in [0, 0.05) is 61.6 Å².